The van der Waals surface area contributed by atoms with Gasteiger partial charge in [-0.2, -0.15) is 5.10 Å². The Morgan fingerprint density at radius 2 is 1.93 bits per heavy atom. The molecule has 0 atom stereocenters. The molecule has 2 aromatic carbocycles. The van der Waals surface area contributed by atoms with Gasteiger partial charge >= 0.3 is 0 Å². The number of thiocarbonyl (C=S) groups is 1. The molecule has 0 unspecified atom stereocenters. The third-order valence-electron chi connectivity index (χ3n) is 4.53. The predicted octanol–water partition coefficient (Wildman–Crippen LogP) is 5.16. The van der Waals surface area contributed by atoms with Gasteiger partial charge in [0.2, 0.25) is 0 Å². The van der Waals surface area contributed by atoms with Crippen molar-refractivity contribution >= 4 is 39.5 Å². The predicted molar refractivity (Wildman–Crippen MR) is 118 cm³/mol. The first-order valence-electron chi connectivity index (χ1n) is 9.26. The molecule has 1 fully saturated rings. The van der Waals surface area contributed by atoms with Crippen LogP contribution in [-0.2, 0) is 6.61 Å². The quantitative estimate of drug-likeness (QED) is 0.366. The van der Waals surface area contributed by atoms with Gasteiger partial charge in [0.1, 0.15) is 12.4 Å². The zero-order valence-electron chi connectivity index (χ0n) is 15.2. The average Bonchev–Trinajstić information content (AvgIpc) is 2.70. The molecule has 2 aromatic rings. The van der Waals surface area contributed by atoms with E-state index in [1.807, 2.05) is 48.5 Å². The van der Waals surface area contributed by atoms with Crippen LogP contribution in [0.1, 0.15) is 43.2 Å². The van der Waals surface area contributed by atoms with Crippen LogP contribution < -0.4 is 15.5 Å². The van der Waals surface area contributed by atoms with E-state index >= 15 is 0 Å². The summed E-state index contributed by atoms with van der Waals surface area (Å²) in [7, 11) is 0. The van der Waals surface area contributed by atoms with Crippen molar-refractivity contribution < 1.29 is 4.74 Å². The lowest BCUT2D eigenvalue weighted by molar-refractivity contribution is 0.306. The molecule has 1 saturated carbocycles. The highest BCUT2D eigenvalue weighted by Gasteiger charge is 2.13. The van der Waals surface area contributed by atoms with Crippen LogP contribution in [0.5, 0.6) is 5.75 Å². The molecule has 0 aliphatic heterocycles. The molecule has 6 heteroatoms. The molecular formula is C21H24BrN3OS. The maximum absolute atomic E-state index is 5.87. The fourth-order valence-electron chi connectivity index (χ4n) is 3.08. The second-order valence-electron chi connectivity index (χ2n) is 6.64. The van der Waals surface area contributed by atoms with Gasteiger partial charge in [-0.25, -0.2) is 0 Å². The first kappa shape index (κ1) is 19.8. The van der Waals surface area contributed by atoms with E-state index in [4.69, 9.17) is 17.0 Å². The van der Waals surface area contributed by atoms with E-state index in [9.17, 15) is 0 Å². The number of hydrazone groups is 1. The Kier molecular flexibility index (Phi) is 7.66. The van der Waals surface area contributed by atoms with Crippen molar-refractivity contribution in [2.24, 2.45) is 5.10 Å². The van der Waals surface area contributed by atoms with E-state index in [1.54, 1.807) is 6.21 Å². The summed E-state index contributed by atoms with van der Waals surface area (Å²) in [6, 6.07) is 16.4. The van der Waals surface area contributed by atoms with Crippen LogP contribution in [0.2, 0.25) is 0 Å². The summed E-state index contributed by atoms with van der Waals surface area (Å²) in [6.07, 6.45) is 7.97. The second kappa shape index (κ2) is 10.4. The normalized spacial score (nSPS) is 14.9. The van der Waals surface area contributed by atoms with Crippen molar-refractivity contribution in [3.05, 3.63) is 64.1 Å². The lowest BCUT2D eigenvalue weighted by atomic mass is 9.96. The maximum Gasteiger partial charge on any atom is 0.187 e. The summed E-state index contributed by atoms with van der Waals surface area (Å²) in [6.45, 7) is 0.534. The fraction of sp³-hybridized carbons (Fsp3) is 0.333. The van der Waals surface area contributed by atoms with Gasteiger partial charge in [-0.05, 0) is 48.8 Å². The highest BCUT2D eigenvalue weighted by molar-refractivity contribution is 9.10. The Balaban J connectivity index is 1.52. The van der Waals surface area contributed by atoms with Crippen molar-refractivity contribution in [1.82, 2.24) is 10.7 Å². The first-order valence-corrected chi connectivity index (χ1v) is 10.5. The molecule has 0 heterocycles. The summed E-state index contributed by atoms with van der Waals surface area (Å²) in [5, 5.41) is 8.18. The molecule has 0 amide bonds. The molecule has 0 radical (unpaired) electrons. The Hall–Kier alpha value is -1.92. The topological polar surface area (TPSA) is 45.7 Å². The Morgan fingerprint density at radius 3 is 2.70 bits per heavy atom. The van der Waals surface area contributed by atoms with Crippen LogP contribution in [0, 0.1) is 0 Å². The lowest BCUT2D eigenvalue weighted by Gasteiger charge is -2.23. The van der Waals surface area contributed by atoms with Crippen LogP contribution >= 0.6 is 28.1 Å². The molecule has 0 saturated heterocycles. The van der Waals surface area contributed by atoms with Crippen molar-refractivity contribution in [3.8, 4) is 5.75 Å². The number of benzene rings is 2. The van der Waals surface area contributed by atoms with E-state index in [-0.39, 0.29) is 0 Å². The van der Waals surface area contributed by atoms with E-state index in [1.165, 1.54) is 32.1 Å². The smallest absolute Gasteiger partial charge is 0.187 e. The molecular weight excluding hydrogens is 422 g/mol. The summed E-state index contributed by atoms with van der Waals surface area (Å²) < 4.78 is 6.82. The summed E-state index contributed by atoms with van der Waals surface area (Å²) in [4.78, 5) is 0. The van der Waals surface area contributed by atoms with Gasteiger partial charge in [-0.15, -0.1) is 0 Å². The zero-order chi connectivity index (χ0) is 18.9. The number of rotatable bonds is 6. The van der Waals surface area contributed by atoms with Crippen molar-refractivity contribution in [2.75, 3.05) is 0 Å². The number of hydrogen-bond acceptors (Lipinski definition) is 3. The minimum Gasteiger partial charge on any atom is -0.489 e. The molecule has 1 aliphatic rings. The molecule has 4 nitrogen and oxygen atoms in total. The lowest BCUT2D eigenvalue weighted by Crippen LogP contribution is -2.40. The molecule has 142 valence electrons. The summed E-state index contributed by atoms with van der Waals surface area (Å²) in [5.74, 6) is 0.798. The Morgan fingerprint density at radius 1 is 1.15 bits per heavy atom. The maximum atomic E-state index is 5.87. The van der Waals surface area contributed by atoms with Crippen molar-refractivity contribution in [2.45, 2.75) is 44.8 Å². The van der Waals surface area contributed by atoms with Gasteiger partial charge < -0.3 is 10.1 Å². The minimum absolute atomic E-state index is 0.468. The van der Waals surface area contributed by atoms with Crippen LogP contribution in [0.4, 0.5) is 0 Å². The molecule has 3 rings (SSSR count). The van der Waals surface area contributed by atoms with E-state index in [2.05, 4.69) is 31.8 Å². The number of hydrogen-bond donors (Lipinski definition) is 2. The van der Waals surface area contributed by atoms with Crippen molar-refractivity contribution in [3.63, 3.8) is 0 Å². The van der Waals surface area contributed by atoms with Gasteiger partial charge in [0.05, 0.1) is 6.21 Å². The van der Waals surface area contributed by atoms with Gasteiger partial charge in [0.15, 0.2) is 5.11 Å². The van der Waals surface area contributed by atoms with Gasteiger partial charge in [-0.3, -0.25) is 5.43 Å². The van der Waals surface area contributed by atoms with E-state index < -0.39 is 0 Å². The molecule has 0 aromatic heterocycles. The van der Waals surface area contributed by atoms with Crippen LogP contribution in [0.25, 0.3) is 0 Å². The molecule has 0 bridgehead atoms. The second-order valence-corrected chi connectivity index (χ2v) is 7.90. The molecule has 2 N–H and O–H groups in total. The monoisotopic (exact) mass is 445 g/mol. The zero-order valence-corrected chi connectivity index (χ0v) is 17.6. The molecule has 27 heavy (non-hydrogen) atoms. The average molecular weight is 446 g/mol. The third-order valence-corrected chi connectivity index (χ3v) is 5.46. The summed E-state index contributed by atoms with van der Waals surface area (Å²) in [5.41, 5.74) is 4.97. The SMILES string of the molecule is S=C(N/N=C/c1cc(OCc2ccccc2)ccc1Br)NC1CCCCC1. The number of halogens is 1. The Bertz CT molecular complexity index is 776. The minimum atomic E-state index is 0.468. The fourth-order valence-corrected chi connectivity index (χ4v) is 3.64. The van der Waals surface area contributed by atoms with Crippen LogP contribution in [0.15, 0.2) is 58.1 Å². The van der Waals surface area contributed by atoms with Crippen LogP contribution in [-0.4, -0.2) is 17.4 Å². The standard InChI is InChI=1S/C21H24BrN3OS/c22-20-12-11-19(26-15-16-7-3-1-4-8-16)13-17(20)14-23-25-21(27)24-18-9-5-2-6-10-18/h1,3-4,7-8,11-14,18H,2,5-6,9-10,15H2,(H2,24,25,27)/b23-14+. The third kappa shape index (κ3) is 6.63. The summed E-state index contributed by atoms with van der Waals surface area (Å²) >= 11 is 8.88. The highest BCUT2D eigenvalue weighted by atomic mass is 79.9. The number of ether oxygens (including phenoxy) is 1. The van der Waals surface area contributed by atoms with Crippen LogP contribution in [0.3, 0.4) is 0 Å². The number of nitrogens with zero attached hydrogens (tertiary/aromatic N) is 1. The van der Waals surface area contributed by atoms with Gasteiger partial charge in [0, 0.05) is 16.1 Å². The van der Waals surface area contributed by atoms with Crippen molar-refractivity contribution in [1.29, 1.82) is 0 Å². The Labute approximate surface area is 174 Å². The highest BCUT2D eigenvalue weighted by Crippen LogP contribution is 2.22. The van der Waals surface area contributed by atoms with Gasteiger partial charge in [0.25, 0.3) is 0 Å². The van der Waals surface area contributed by atoms with Gasteiger partial charge in [-0.1, -0.05) is 65.5 Å². The number of nitrogens with one attached hydrogen (secondary N) is 2. The van der Waals surface area contributed by atoms with E-state index in [0.29, 0.717) is 17.8 Å². The molecule has 0 spiro atoms. The van der Waals surface area contributed by atoms with E-state index in [0.717, 1.165) is 21.3 Å². The molecule has 1 aliphatic carbocycles. The largest absolute Gasteiger partial charge is 0.489 e. The first-order chi connectivity index (χ1) is 13.2.